The van der Waals surface area contributed by atoms with E-state index >= 15 is 0 Å². The summed E-state index contributed by atoms with van der Waals surface area (Å²) in [5.41, 5.74) is 2.46. The van der Waals surface area contributed by atoms with E-state index in [1.165, 1.54) is 6.92 Å². The highest BCUT2D eigenvalue weighted by Crippen LogP contribution is 2.31. The number of hydrogen-bond donors (Lipinski definition) is 1. The van der Waals surface area contributed by atoms with Crippen LogP contribution in [0.2, 0.25) is 0 Å². The van der Waals surface area contributed by atoms with Gasteiger partial charge in [-0.25, -0.2) is 4.98 Å². The largest absolute Gasteiger partial charge is 0.435 e. The van der Waals surface area contributed by atoms with Gasteiger partial charge in [-0.3, -0.25) is 9.59 Å². The van der Waals surface area contributed by atoms with Gasteiger partial charge in [0.05, 0.1) is 13.2 Å². The summed E-state index contributed by atoms with van der Waals surface area (Å²) in [7, 11) is 0. The lowest BCUT2D eigenvalue weighted by Crippen LogP contribution is -2.41. The number of aromatic nitrogens is 1. The van der Waals surface area contributed by atoms with Gasteiger partial charge in [-0.05, 0) is 36.4 Å². The number of ether oxygens (including phenoxy) is 1. The summed E-state index contributed by atoms with van der Waals surface area (Å²) in [5, 5.41) is 2.73. The van der Waals surface area contributed by atoms with Crippen LogP contribution in [-0.4, -0.2) is 48.0 Å². The van der Waals surface area contributed by atoms with Gasteiger partial charge < -0.3 is 19.4 Å². The predicted octanol–water partition coefficient (Wildman–Crippen LogP) is 3.44. The Morgan fingerprint density at radius 1 is 0.966 bits per heavy atom. The van der Waals surface area contributed by atoms with Gasteiger partial charge in [0, 0.05) is 36.8 Å². The molecule has 2 heterocycles. The molecule has 7 heteroatoms. The summed E-state index contributed by atoms with van der Waals surface area (Å²) >= 11 is 0. The van der Waals surface area contributed by atoms with Crippen LogP contribution in [0.25, 0.3) is 22.8 Å². The van der Waals surface area contributed by atoms with Crippen LogP contribution in [0.15, 0.2) is 59.0 Å². The van der Waals surface area contributed by atoms with Crippen molar-refractivity contribution in [1.29, 1.82) is 0 Å². The van der Waals surface area contributed by atoms with Crippen molar-refractivity contribution in [2.75, 3.05) is 31.6 Å². The van der Waals surface area contributed by atoms with Crippen molar-refractivity contribution >= 4 is 17.5 Å². The van der Waals surface area contributed by atoms with E-state index in [-0.39, 0.29) is 17.5 Å². The number of carbonyl (C=O) groups excluding carboxylic acids is 2. The van der Waals surface area contributed by atoms with Gasteiger partial charge in [0.25, 0.3) is 5.91 Å². The highest BCUT2D eigenvalue weighted by molar-refractivity contribution is 5.98. The molecule has 1 aliphatic heterocycles. The van der Waals surface area contributed by atoms with Crippen LogP contribution in [0, 0.1) is 0 Å². The lowest BCUT2D eigenvalue weighted by molar-refractivity contribution is -0.114. The van der Waals surface area contributed by atoms with Gasteiger partial charge in [0.15, 0.2) is 11.5 Å². The molecule has 1 N–H and O–H groups in total. The van der Waals surface area contributed by atoms with E-state index in [1.54, 1.807) is 29.2 Å². The van der Waals surface area contributed by atoms with Gasteiger partial charge in [-0.1, -0.05) is 18.2 Å². The number of amides is 2. The average Bonchev–Trinajstić information content (AvgIpc) is 3.20. The van der Waals surface area contributed by atoms with Crippen LogP contribution in [0.1, 0.15) is 17.4 Å². The maximum absolute atomic E-state index is 13.1. The lowest BCUT2D eigenvalue weighted by Gasteiger charge is -2.26. The maximum Gasteiger partial charge on any atom is 0.276 e. The molecule has 1 saturated heterocycles. The Balaban J connectivity index is 1.73. The first-order chi connectivity index (χ1) is 14.1. The van der Waals surface area contributed by atoms with E-state index in [0.29, 0.717) is 49.2 Å². The molecular weight excluding hydrogens is 370 g/mol. The Hall–Kier alpha value is -3.45. The summed E-state index contributed by atoms with van der Waals surface area (Å²) in [4.78, 5) is 30.7. The van der Waals surface area contributed by atoms with Crippen LogP contribution < -0.4 is 5.32 Å². The number of oxazole rings is 1. The lowest BCUT2D eigenvalue weighted by atomic mass is 10.1. The fourth-order valence-electron chi connectivity index (χ4n) is 3.19. The number of rotatable bonds is 4. The average molecular weight is 391 g/mol. The second-order valence-corrected chi connectivity index (χ2v) is 6.73. The van der Waals surface area contributed by atoms with Crippen molar-refractivity contribution in [2.24, 2.45) is 0 Å². The van der Waals surface area contributed by atoms with Crippen molar-refractivity contribution in [2.45, 2.75) is 6.92 Å². The number of nitrogens with zero attached hydrogens (tertiary/aromatic N) is 2. The maximum atomic E-state index is 13.1. The molecule has 0 atom stereocenters. The fourth-order valence-corrected chi connectivity index (χ4v) is 3.19. The van der Waals surface area contributed by atoms with Crippen molar-refractivity contribution in [3.8, 4) is 22.8 Å². The quantitative estimate of drug-likeness (QED) is 0.736. The third-order valence-electron chi connectivity index (χ3n) is 4.62. The predicted molar refractivity (Wildman–Crippen MR) is 108 cm³/mol. The zero-order valence-electron chi connectivity index (χ0n) is 16.1. The summed E-state index contributed by atoms with van der Waals surface area (Å²) in [6.45, 7) is 3.52. The molecule has 0 unspecified atom stereocenters. The standard InChI is InChI=1S/C22H21N3O4/c1-15(26)23-18-9-7-16(8-10-18)20-19(22(27)25-11-13-28-14-12-25)24-21(29-20)17-5-3-2-4-6-17/h2-10H,11-14H2,1H3,(H,23,26). The molecule has 1 aliphatic rings. The molecule has 0 saturated carbocycles. The molecule has 148 valence electrons. The third kappa shape index (κ3) is 4.20. The van der Waals surface area contributed by atoms with E-state index in [2.05, 4.69) is 10.3 Å². The molecule has 3 aromatic rings. The summed E-state index contributed by atoms with van der Waals surface area (Å²) < 4.78 is 11.4. The highest BCUT2D eigenvalue weighted by Gasteiger charge is 2.27. The zero-order chi connectivity index (χ0) is 20.2. The number of hydrogen-bond acceptors (Lipinski definition) is 5. The molecule has 1 aromatic heterocycles. The Kier molecular flexibility index (Phi) is 5.39. The second kappa shape index (κ2) is 8.28. The van der Waals surface area contributed by atoms with Gasteiger partial charge in [0.2, 0.25) is 11.8 Å². The van der Waals surface area contributed by atoms with Crippen LogP contribution in [0.5, 0.6) is 0 Å². The number of anilines is 1. The molecule has 0 bridgehead atoms. The van der Waals surface area contributed by atoms with Gasteiger partial charge in [0.1, 0.15) is 0 Å². The van der Waals surface area contributed by atoms with Crippen molar-refractivity contribution in [3.63, 3.8) is 0 Å². The van der Waals surface area contributed by atoms with Crippen molar-refractivity contribution in [1.82, 2.24) is 9.88 Å². The van der Waals surface area contributed by atoms with Crippen LogP contribution >= 0.6 is 0 Å². The SMILES string of the molecule is CC(=O)Nc1ccc(-c2oc(-c3ccccc3)nc2C(=O)N2CCOCC2)cc1. The van der Waals surface area contributed by atoms with Gasteiger partial charge in [-0.2, -0.15) is 0 Å². The second-order valence-electron chi connectivity index (χ2n) is 6.73. The molecular formula is C22H21N3O4. The third-order valence-corrected chi connectivity index (χ3v) is 4.62. The number of nitrogens with one attached hydrogen (secondary N) is 1. The van der Waals surface area contributed by atoms with E-state index < -0.39 is 0 Å². The fraction of sp³-hybridized carbons (Fsp3) is 0.227. The van der Waals surface area contributed by atoms with Crippen LogP contribution in [0.4, 0.5) is 5.69 Å². The molecule has 0 spiro atoms. The van der Waals surface area contributed by atoms with Crippen LogP contribution in [0.3, 0.4) is 0 Å². The Morgan fingerprint density at radius 2 is 1.66 bits per heavy atom. The van der Waals surface area contributed by atoms with Gasteiger partial charge >= 0.3 is 0 Å². The molecule has 1 fully saturated rings. The molecule has 0 aliphatic carbocycles. The van der Waals surface area contributed by atoms with Crippen molar-refractivity contribution < 1.29 is 18.7 Å². The first-order valence-electron chi connectivity index (χ1n) is 9.43. The monoisotopic (exact) mass is 391 g/mol. The minimum absolute atomic E-state index is 0.146. The summed E-state index contributed by atoms with van der Waals surface area (Å²) in [6, 6.07) is 16.6. The Labute approximate surface area is 168 Å². The molecule has 2 amide bonds. The highest BCUT2D eigenvalue weighted by atomic mass is 16.5. The van der Waals surface area contributed by atoms with E-state index in [1.807, 2.05) is 30.3 Å². The Morgan fingerprint density at radius 3 is 2.31 bits per heavy atom. The Bertz CT molecular complexity index is 1010. The molecule has 7 nitrogen and oxygen atoms in total. The topological polar surface area (TPSA) is 84.7 Å². The minimum atomic E-state index is -0.180. The van der Waals surface area contributed by atoms with Gasteiger partial charge in [-0.15, -0.1) is 0 Å². The summed E-state index contributed by atoms with van der Waals surface area (Å²) in [6.07, 6.45) is 0. The minimum Gasteiger partial charge on any atom is -0.435 e. The van der Waals surface area contributed by atoms with E-state index in [4.69, 9.17) is 9.15 Å². The number of morpholine rings is 1. The van der Waals surface area contributed by atoms with E-state index in [0.717, 1.165) is 5.56 Å². The zero-order valence-corrected chi connectivity index (χ0v) is 16.1. The summed E-state index contributed by atoms with van der Waals surface area (Å²) in [5.74, 6) is 0.477. The molecule has 29 heavy (non-hydrogen) atoms. The normalized spacial score (nSPS) is 13.9. The number of benzene rings is 2. The smallest absolute Gasteiger partial charge is 0.276 e. The van der Waals surface area contributed by atoms with Crippen LogP contribution in [-0.2, 0) is 9.53 Å². The molecule has 4 rings (SSSR count). The molecule has 0 radical (unpaired) electrons. The van der Waals surface area contributed by atoms with E-state index in [9.17, 15) is 9.59 Å². The first kappa shape index (κ1) is 18.9. The first-order valence-corrected chi connectivity index (χ1v) is 9.43. The number of carbonyl (C=O) groups is 2. The molecule has 2 aromatic carbocycles. The van der Waals surface area contributed by atoms with Crippen molar-refractivity contribution in [3.05, 3.63) is 60.3 Å².